The summed E-state index contributed by atoms with van der Waals surface area (Å²) >= 11 is 0. The van der Waals surface area contributed by atoms with Crippen LogP contribution in [-0.4, -0.2) is 44.4 Å². The summed E-state index contributed by atoms with van der Waals surface area (Å²) in [5.74, 6) is -0.660. The predicted octanol–water partition coefficient (Wildman–Crippen LogP) is 1.71. The molecule has 0 saturated heterocycles. The second-order valence-electron chi connectivity index (χ2n) is 7.14. The normalized spacial score (nSPS) is 15.9. The van der Waals surface area contributed by atoms with E-state index in [4.69, 9.17) is 0 Å². The average molecular weight is 413 g/mol. The number of aromatic amines is 1. The maximum absolute atomic E-state index is 12.5. The Morgan fingerprint density at radius 1 is 1.20 bits per heavy atom. The maximum atomic E-state index is 12.5. The zero-order chi connectivity index (χ0) is 22.0. The highest BCUT2D eigenvalue weighted by atomic mass is 16.3. The molecule has 1 amide bonds. The molecule has 9 nitrogen and oxygen atoms in total. The lowest BCUT2D eigenvalue weighted by molar-refractivity contribution is -0.132. The molecule has 1 aliphatic rings. The number of aromatic hydroxyl groups is 1. The van der Waals surface area contributed by atoms with Gasteiger partial charge in [-0.05, 0) is 31.5 Å². The molecule has 3 rings (SSSR count). The number of hydrogen-bond acceptors (Lipinski definition) is 6. The van der Waals surface area contributed by atoms with Gasteiger partial charge in [-0.15, -0.1) is 0 Å². The van der Waals surface area contributed by atoms with Crippen LogP contribution in [-0.2, 0) is 11.8 Å². The van der Waals surface area contributed by atoms with Crippen LogP contribution in [0.1, 0.15) is 50.8 Å². The van der Waals surface area contributed by atoms with E-state index in [1.54, 1.807) is 6.92 Å². The first kappa shape index (κ1) is 21.4. The van der Waals surface area contributed by atoms with Crippen molar-refractivity contribution in [2.45, 2.75) is 39.7 Å². The van der Waals surface area contributed by atoms with E-state index < -0.39 is 23.2 Å². The Labute approximate surface area is 174 Å². The molecule has 2 aromatic rings. The molecule has 1 aliphatic heterocycles. The molecule has 1 unspecified atom stereocenters. The lowest BCUT2D eigenvalue weighted by atomic mass is 9.98. The highest BCUT2D eigenvalue weighted by Crippen LogP contribution is 2.34. The van der Waals surface area contributed by atoms with Crippen molar-refractivity contribution in [3.63, 3.8) is 0 Å². The number of amides is 1. The second-order valence-corrected chi connectivity index (χ2v) is 7.14. The van der Waals surface area contributed by atoms with Crippen LogP contribution >= 0.6 is 0 Å². The number of anilines is 1. The van der Waals surface area contributed by atoms with Crippen molar-refractivity contribution in [1.82, 2.24) is 14.6 Å². The van der Waals surface area contributed by atoms with E-state index in [-0.39, 0.29) is 30.0 Å². The van der Waals surface area contributed by atoms with Gasteiger partial charge in [0.25, 0.3) is 5.56 Å². The van der Waals surface area contributed by atoms with Gasteiger partial charge in [0.2, 0.25) is 11.8 Å². The SMILES string of the molecule is CCC(=O)N1N=C(c2c(O)n(C)c(=O)[nH]c2=O)CC1c1ccc(N(CC)CC)cc1. The van der Waals surface area contributed by atoms with Crippen LogP contribution in [0.2, 0.25) is 0 Å². The molecular weight excluding hydrogens is 386 g/mol. The van der Waals surface area contributed by atoms with Gasteiger partial charge in [-0.3, -0.25) is 19.1 Å². The summed E-state index contributed by atoms with van der Waals surface area (Å²) in [5, 5.41) is 16.1. The number of rotatable bonds is 6. The lowest BCUT2D eigenvalue weighted by Gasteiger charge is -2.24. The summed E-state index contributed by atoms with van der Waals surface area (Å²) < 4.78 is 0.942. The number of hydrogen-bond donors (Lipinski definition) is 2. The second kappa shape index (κ2) is 8.56. The molecule has 0 fully saturated rings. The number of H-pyrrole nitrogens is 1. The third-order valence-corrected chi connectivity index (χ3v) is 5.46. The maximum Gasteiger partial charge on any atom is 0.330 e. The van der Waals surface area contributed by atoms with Crippen LogP contribution in [0, 0.1) is 0 Å². The molecule has 1 atom stereocenters. The van der Waals surface area contributed by atoms with Gasteiger partial charge < -0.3 is 10.0 Å². The number of aromatic nitrogens is 2. The summed E-state index contributed by atoms with van der Waals surface area (Å²) in [6.45, 7) is 7.71. The molecule has 1 aromatic carbocycles. The number of nitrogens with one attached hydrogen (secondary N) is 1. The van der Waals surface area contributed by atoms with Crippen LogP contribution < -0.4 is 16.1 Å². The van der Waals surface area contributed by atoms with Crippen molar-refractivity contribution < 1.29 is 9.90 Å². The average Bonchev–Trinajstić information content (AvgIpc) is 3.18. The smallest absolute Gasteiger partial charge is 0.330 e. The molecular formula is C21H27N5O4. The van der Waals surface area contributed by atoms with E-state index in [1.165, 1.54) is 12.1 Å². The zero-order valence-electron chi connectivity index (χ0n) is 17.7. The third kappa shape index (κ3) is 3.74. The Kier molecular flexibility index (Phi) is 6.09. The van der Waals surface area contributed by atoms with Crippen molar-refractivity contribution in [2.75, 3.05) is 18.0 Å². The fourth-order valence-electron chi connectivity index (χ4n) is 3.68. The van der Waals surface area contributed by atoms with Gasteiger partial charge in [-0.2, -0.15) is 5.10 Å². The number of hydrazone groups is 1. The zero-order valence-corrected chi connectivity index (χ0v) is 17.7. The van der Waals surface area contributed by atoms with E-state index in [0.29, 0.717) is 0 Å². The molecule has 0 spiro atoms. The van der Waals surface area contributed by atoms with E-state index in [9.17, 15) is 19.5 Å². The number of carbonyl (C=O) groups is 1. The van der Waals surface area contributed by atoms with Gasteiger partial charge in [0.15, 0.2) is 0 Å². The number of benzene rings is 1. The topological polar surface area (TPSA) is 111 Å². The van der Waals surface area contributed by atoms with Crippen LogP contribution in [0.5, 0.6) is 5.88 Å². The highest BCUT2D eigenvalue weighted by Gasteiger charge is 2.35. The molecule has 0 radical (unpaired) electrons. The van der Waals surface area contributed by atoms with Crippen molar-refractivity contribution >= 4 is 17.3 Å². The van der Waals surface area contributed by atoms with Crippen molar-refractivity contribution in [2.24, 2.45) is 12.1 Å². The summed E-state index contributed by atoms with van der Waals surface area (Å²) in [6, 6.07) is 7.53. The fourth-order valence-corrected chi connectivity index (χ4v) is 3.68. The minimum Gasteiger partial charge on any atom is -0.494 e. The van der Waals surface area contributed by atoms with E-state index in [1.807, 2.05) is 24.3 Å². The Balaban J connectivity index is 2.01. The lowest BCUT2D eigenvalue weighted by Crippen LogP contribution is -2.32. The quantitative estimate of drug-likeness (QED) is 0.749. The Hall–Kier alpha value is -3.36. The Morgan fingerprint density at radius 3 is 2.40 bits per heavy atom. The van der Waals surface area contributed by atoms with Gasteiger partial charge in [0.05, 0.1) is 11.8 Å². The van der Waals surface area contributed by atoms with Crippen LogP contribution in [0.25, 0.3) is 0 Å². The van der Waals surface area contributed by atoms with Crippen LogP contribution in [0.4, 0.5) is 5.69 Å². The molecule has 1 aromatic heterocycles. The third-order valence-electron chi connectivity index (χ3n) is 5.46. The van der Waals surface area contributed by atoms with Crippen LogP contribution in [0.3, 0.4) is 0 Å². The fraction of sp³-hybridized carbons (Fsp3) is 0.429. The molecule has 0 bridgehead atoms. The van der Waals surface area contributed by atoms with Crippen LogP contribution in [0.15, 0.2) is 39.0 Å². The summed E-state index contributed by atoms with van der Waals surface area (Å²) in [6.07, 6.45) is 0.506. The standard InChI is InChI=1S/C21H27N5O4/c1-5-17(27)26-16(13-8-10-14(11-9-13)25(6-2)7-3)12-15(23-26)18-19(28)22-21(30)24(4)20(18)29/h8-11,16,29H,5-7,12H2,1-4H3,(H,22,28,30). The summed E-state index contributed by atoms with van der Waals surface area (Å²) in [7, 11) is 1.35. The van der Waals surface area contributed by atoms with Crippen molar-refractivity contribution in [1.29, 1.82) is 0 Å². The molecule has 9 heteroatoms. The highest BCUT2D eigenvalue weighted by molar-refractivity contribution is 6.04. The minimum absolute atomic E-state index is 0.0896. The van der Waals surface area contributed by atoms with Gasteiger partial charge in [-0.25, -0.2) is 9.80 Å². The number of nitrogens with zero attached hydrogens (tertiary/aromatic N) is 4. The molecule has 2 N–H and O–H groups in total. The van der Waals surface area contributed by atoms with Gasteiger partial charge in [-0.1, -0.05) is 19.1 Å². The van der Waals surface area contributed by atoms with Crippen molar-refractivity contribution in [3.8, 4) is 5.88 Å². The van der Waals surface area contributed by atoms with E-state index in [0.717, 1.165) is 28.9 Å². The predicted molar refractivity (Wildman–Crippen MR) is 115 cm³/mol. The van der Waals surface area contributed by atoms with Gasteiger partial charge in [0, 0.05) is 38.7 Å². The largest absolute Gasteiger partial charge is 0.494 e. The first-order valence-corrected chi connectivity index (χ1v) is 10.1. The summed E-state index contributed by atoms with van der Waals surface area (Å²) in [5.41, 5.74) is 0.702. The van der Waals surface area contributed by atoms with E-state index >= 15 is 0 Å². The Morgan fingerprint density at radius 2 is 1.83 bits per heavy atom. The monoisotopic (exact) mass is 413 g/mol. The van der Waals surface area contributed by atoms with Gasteiger partial charge >= 0.3 is 5.69 Å². The van der Waals surface area contributed by atoms with Crippen molar-refractivity contribution in [3.05, 3.63) is 56.2 Å². The first-order valence-electron chi connectivity index (χ1n) is 10.1. The molecule has 30 heavy (non-hydrogen) atoms. The first-order chi connectivity index (χ1) is 14.3. The Bertz CT molecular complexity index is 1080. The molecule has 160 valence electrons. The van der Waals surface area contributed by atoms with E-state index in [2.05, 4.69) is 28.8 Å². The summed E-state index contributed by atoms with van der Waals surface area (Å²) in [4.78, 5) is 41.0. The molecule has 2 heterocycles. The van der Waals surface area contributed by atoms with Gasteiger partial charge in [0.1, 0.15) is 5.56 Å². The molecule has 0 saturated carbocycles. The molecule has 0 aliphatic carbocycles. The minimum atomic E-state index is -0.726. The number of carbonyl (C=O) groups excluding carboxylic acids is 1.